The first-order valence-corrected chi connectivity index (χ1v) is 10.4. The quantitative estimate of drug-likeness (QED) is 0.659. The first-order valence-electron chi connectivity index (χ1n) is 8.99. The maximum atomic E-state index is 12.9. The van der Waals surface area contributed by atoms with Crippen LogP contribution in [0.15, 0.2) is 52.2 Å². The molecular formula is C19H24N2O6S. The smallest absolute Gasteiger partial charge is 0.254 e. The van der Waals surface area contributed by atoms with Crippen molar-refractivity contribution in [3.63, 3.8) is 0 Å². The van der Waals surface area contributed by atoms with Crippen LogP contribution in [-0.4, -0.2) is 70.1 Å². The molecule has 1 fully saturated rings. The van der Waals surface area contributed by atoms with Gasteiger partial charge in [0.2, 0.25) is 10.0 Å². The molecule has 8 nitrogen and oxygen atoms in total. The van der Waals surface area contributed by atoms with Gasteiger partial charge in [0, 0.05) is 44.4 Å². The molecule has 28 heavy (non-hydrogen) atoms. The van der Waals surface area contributed by atoms with E-state index in [9.17, 15) is 13.2 Å². The highest BCUT2D eigenvalue weighted by atomic mass is 32.2. The molecule has 1 aromatic carbocycles. The zero-order valence-corrected chi connectivity index (χ0v) is 16.6. The molecule has 0 atom stereocenters. The Kier molecular flexibility index (Phi) is 6.84. The van der Waals surface area contributed by atoms with Crippen molar-refractivity contribution in [2.75, 3.05) is 46.6 Å². The van der Waals surface area contributed by atoms with E-state index >= 15 is 0 Å². The fraction of sp³-hybridized carbons (Fsp3) is 0.421. The molecule has 0 N–H and O–H groups in total. The monoisotopic (exact) mass is 408 g/mol. The highest BCUT2D eigenvalue weighted by Gasteiger charge is 2.26. The van der Waals surface area contributed by atoms with Gasteiger partial charge in [0.15, 0.2) is 0 Å². The number of amides is 1. The number of carbonyl (C=O) groups is 1. The van der Waals surface area contributed by atoms with Crippen LogP contribution < -0.4 is 0 Å². The maximum absolute atomic E-state index is 12.9. The van der Waals surface area contributed by atoms with Crippen molar-refractivity contribution in [2.24, 2.45) is 0 Å². The Labute approximate surface area is 164 Å². The average molecular weight is 408 g/mol. The molecule has 3 rings (SSSR count). The number of morpholine rings is 1. The number of ether oxygens (including phenoxy) is 2. The number of furan rings is 1. The summed E-state index contributed by atoms with van der Waals surface area (Å²) >= 11 is 0. The summed E-state index contributed by atoms with van der Waals surface area (Å²) in [6.45, 7) is 2.63. The molecule has 2 heterocycles. The average Bonchev–Trinajstić information content (AvgIpc) is 3.24. The molecule has 0 spiro atoms. The summed E-state index contributed by atoms with van der Waals surface area (Å²) in [5, 5.41) is 0. The van der Waals surface area contributed by atoms with Crippen LogP contribution in [0.4, 0.5) is 0 Å². The number of carbonyl (C=O) groups excluding carboxylic acids is 1. The SMILES string of the molecule is COCCN(Cc1ccoc1)C(=O)c1ccc(S(=O)(=O)N2CCOCC2)cc1. The molecule has 1 aliphatic rings. The minimum absolute atomic E-state index is 0.171. The van der Waals surface area contributed by atoms with Crippen LogP contribution in [0.3, 0.4) is 0 Å². The third kappa shape index (κ3) is 4.79. The Morgan fingerprint density at radius 2 is 1.89 bits per heavy atom. The Morgan fingerprint density at radius 3 is 2.50 bits per heavy atom. The van der Waals surface area contributed by atoms with Crippen molar-refractivity contribution in [2.45, 2.75) is 11.4 Å². The van der Waals surface area contributed by atoms with Crippen molar-refractivity contribution in [3.8, 4) is 0 Å². The molecule has 0 unspecified atom stereocenters. The molecule has 1 aromatic heterocycles. The fourth-order valence-corrected chi connectivity index (χ4v) is 4.35. The predicted molar refractivity (Wildman–Crippen MR) is 101 cm³/mol. The number of methoxy groups -OCH3 is 1. The van der Waals surface area contributed by atoms with Gasteiger partial charge in [0.25, 0.3) is 5.91 Å². The lowest BCUT2D eigenvalue weighted by Crippen LogP contribution is -2.40. The van der Waals surface area contributed by atoms with Gasteiger partial charge >= 0.3 is 0 Å². The van der Waals surface area contributed by atoms with Gasteiger partial charge in [-0.05, 0) is 30.3 Å². The van der Waals surface area contributed by atoms with E-state index in [1.165, 1.54) is 16.4 Å². The molecular weight excluding hydrogens is 384 g/mol. The summed E-state index contributed by atoms with van der Waals surface area (Å²) in [7, 11) is -2.01. The standard InChI is InChI=1S/C19H24N2O6S/c1-25-11-7-20(14-16-6-10-27-15-16)19(22)17-2-4-18(5-3-17)28(23,24)21-8-12-26-13-9-21/h2-6,10,15H,7-9,11-14H2,1H3. The predicted octanol–water partition coefficient (Wildman–Crippen LogP) is 1.59. The Hall–Kier alpha value is -2.20. The van der Waals surface area contributed by atoms with Crippen molar-refractivity contribution < 1.29 is 27.1 Å². The topological polar surface area (TPSA) is 89.3 Å². The number of rotatable bonds is 8. The van der Waals surface area contributed by atoms with Crippen LogP contribution in [0.5, 0.6) is 0 Å². The second-order valence-corrected chi connectivity index (χ2v) is 8.33. The second kappa shape index (κ2) is 9.33. The Balaban J connectivity index is 1.75. The molecule has 0 bridgehead atoms. The molecule has 1 saturated heterocycles. The molecule has 1 aliphatic heterocycles. The number of hydrogen-bond acceptors (Lipinski definition) is 6. The summed E-state index contributed by atoms with van der Waals surface area (Å²) < 4.78 is 42.2. The van der Waals surface area contributed by atoms with E-state index in [1.54, 1.807) is 42.7 Å². The molecule has 2 aromatic rings. The second-order valence-electron chi connectivity index (χ2n) is 6.39. The first-order chi connectivity index (χ1) is 13.5. The third-order valence-electron chi connectivity index (χ3n) is 4.52. The van der Waals surface area contributed by atoms with E-state index in [2.05, 4.69) is 0 Å². The van der Waals surface area contributed by atoms with Crippen molar-refractivity contribution in [1.82, 2.24) is 9.21 Å². The third-order valence-corrected chi connectivity index (χ3v) is 6.43. The van der Waals surface area contributed by atoms with Crippen molar-refractivity contribution in [1.29, 1.82) is 0 Å². The largest absolute Gasteiger partial charge is 0.472 e. The van der Waals surface area contributed by atoms with Crippen LogP contribution in [0.25, 0.3) is 0 Å². The Bertz CT molecular complexity index is 858. The summed E-state index contributed by atoms with van der Waals surface area (Å²) in [6, 6.07) is 7.84. The van der Waals surface area contributed by atoms with Gasteiger partial charge in [0.1, 0.15) is 0 Å². The zero-order valence-electron chi connectivity index (χ0n) is 15.7. The zero-order chi connectivity index (χ0) is 20.0. The van der Waals surface area contributed by atoms with Crippen molar-refractivity contribution >= 4 is 15.9 Å². The maximum Gasteiger partial charge on any atom is 0.254 e. The number of nitrogens with zero attached hydrogens (tertiary/aromatic N) is 2. The Morgan fingerprint density at radius 1 is 1.18 bits per heavy atom. The van der Waals surface area contributed by atoms with E-state index < -0.39 is 10.0 Å². The van der Waals surface area contributed by atoms with Crippen LogP contribution in [0.2, 0.25) is 0 Å². The normalized spacial score (nSPS) is 15.5. The lowest BCUT2D eigenvalue weighted by atomic mass is 10.2. The van der Waals surface area contributed by atoms with Gasteiger partial charge < -0.3 is 18.8 Å². The van der Waals surface area contributed by atoms with E-state index in [1.807, 2.05) is 0 Å². The molecule has 1 amide bonds. The molecule has 152 valence electrons. The lowest BCUT2D eigenvalue weighted by molar-refractivity contribution is 0.0680. The highest BCUT2D eigenvalue weighted by Crippen LogP contribution is 2.19. The van der Waals surface area contributed by atoms with Gasteiger partial charge in [-0.15, -0.1) is 0 Å². The van der Waals surface area contributed by atoms with Crippen LogP contribution >= 0.6 is 0 Å². The number of benzene rings is 1. The highest BCUT2D eigenvalue weighted by molar-refractivity contribution is 7.89. The molecule has 0 radical (unpaired) electrons. The summed E-state index contributed by atoms with van der Waals surface area (Å²) in [6.07, 6.45) is 3.14. The lowest BCUT2D eigenvalue weighted by Gasteiger charge is -2.26. The minimum Gasteiger partial charge on any atom is -0.472 e. The van der Waals surface area contributed by atoms with Gasteiger partial charge in [0.05, 0.1) is 37.2 Å². The van der Waals surface area contributed by atoms with Crippen LogP contribution in [0, 0.1) is 0 Å². The van der Waals surface area contributed by atoms with E-state index in [0.717, 1.165) is 5.56 Å². The summed E-state index contributed by atoms with van der Waals surface area (Å²) in [4.78, 5) is 14.7. The van der Waals surface area contributed by atoms with Gasteiger partial charge in [-0.25, -0.2) is 8.42 Å². The van der Waals surface area contributed by atoms with Crippen molar-refractivity contribution in [3.05, 3.63) is 54.0 Å². The number of sulfonamides is 1. The van der Waals surface area contributed by atoms with Gasteiger partial charge in [-0.1, -0.05) is 0 Å². The minimum atomic E-state index is -3.58. The van der Waals surface area contributed by atoms with Crippen LogP contribution in [-0.2, 0) is 26.0 Å². The molecule has 9 heteroatoms. The van der Waals surface area contributed by atoms with E-state index in [0.29, 0.717) is 51.6 Å². The first kappa shape index (κ1) is 20.5. The summed E-state index contributed by atoms with van der Waals surface area (Å²) in [5.41, 5.74) is 1.29. The molecule has 0 saturated carbocycles. The van der Waals surface area contributed by atoms with Crippen LogP contribution in [0.1, 0.15) is 15.9 Å². The number of hydrogen-bond donors (Lipinski definition) is 0. The van der Waals surface area contributed by atoms with Gasteiger partial charge in [-0.3, -0.25) is 4.79 Å². The fourth-order valence-electron chi connectivity index (χ4n) is 2.94. The summed E-state index contributed by atoms with van der Waals surface area (Å²) in [5.74, 6) is -0.200. The van der Waals surface area contributed by atoms with E-state index in [-0.39, 0.29) is 10.8 Å². The van der Waals surface area contributed by atoms with E-state index in [4.69, 9.17) is 13.9 Å². The van der Waals surface area contributed by atoms with Gasteiger partial charge in [-0.2, -0.15) is 4.31 Å². The molecule has 0 aliphatic carbocycles.